The molecule has 1 aliphatic heterocycles. The lowest BCUT2D eigenvalue weighted by Crippen LogP contribution is -2.41. The van der Waals surface area contributed by atoms with Crippen LogP contribution in [0, 0.1) is 0 Å². The van der Waals surface area contributed by atoms with E-state index in [4.69, 9.17) is 25.3 Å². The summed E-state index contributed by atoms with van der Waals surface area (Å²) in [4.78, 5) is 16.8. The molecular formula is C21H22BClN2O4. The minimum atomic E-state index is -0.611. The highest BCUT2D eigenvalue weighted by Crippen LogP contribution is 2.37. The van der Waals surface area contributed by atoms with Gasteiger partial charge in [0.2, 0.25) is 5.55 Å². The van der Waals surface area contributed by atoms with Crippen LogP contribution in [0.3, 0.4) is 0 Å². The number of aromatic nitrogens is 1. The van der Waals surface area contributed by atoms with Gasteiger partial charge in [0.05, 0.1) is 32.8 Å². The Kier molecular flexibility index (Phi) is 4.72. The molecule has 0 radical (unpaired) electrons. The molecule has 0 bridgehead atoms. The molecule has 0 atom stereocenters. The Morgan fingerprint density at radius 3 is 2.34 bits per heavy atom. The molecular weight excluding hydrogens is 391 g/mol. The van der Waals surface area contributed by atoms with Crippen LogP contribution in [0.2, 0.25) is 5.02 Å². The molecule has 0 spiro atoms. The van der Waals surface area contributed by atoms with Crippen molar-refractivity contribution in [2.75, 3.05) is 0 Å². The molecule has 6 nitrogen and oxygen atoms in total. The van der Waals surface area contributed by atoms with Gasteiger partial charge in [-0.1, -0.05) is 35.9 Å². The van der Waals surface area contributed by atoms with Crippen LogP contribution in [0.4, 0.5) is 5.69 Å². The zero-order chi connectivity index (χ0) is 21.0. The molecule has 0 aliphatic carbocycles. The van der Waals surface area contributed by atoms with Crippen LogP contribution in [-0.2, 0) is 16.4 Å². The maximum atomic E-state index is 12.2. The van der Waals surface area contributed by atoms with Gasteiger partial charge in [-0.15, -0.1) is 0 Å². The predicted molar refractivity (Wildman–Crippen MR) is 114 cm³/mol. The zero-order valence-electron chi connectivity index (χ0n) is 17.0. The molecule has 1 fully saturated rings. The van der Waals surface area contributed by atoms with E-state index < -0.39 is 24.1 Å². The van der Waals surface area contributed by atoms with E-state index in [9.17, 15) is 4.79 Å². The first-order chi connectivity index (χ1) is 13.6. The van der Waals surface area contributed by atoms with Gasteiger partial charge < -0.3 is 13.7 Å². The summed E-state index contributed by atoms with van der Waals surface area (Å²) in [5.41, 5.74) is 1.12. The fourth-order valence-corrected chi connectivity index (χ4v) is 3.48. The number of nitrogens with zero attached hydrogens (tertiary/aromatic N) is 2. The van der Waals surface area contributed by atoms with Crippen LogP contribution in [0.15, 0.2) is 56.7 Å². The van der Waals surface area contributed by atoms with Gasteiger partial charge in [0.15, 0.2) is 0 Å². The molecule has 8 heteroatoms. The first-order valence-electron chi connectivity index (χ1n) is 9.38. The number of benzene rings is 2. The SMILES string of the molecule is Cn1c(=O)oc(=Nc2cccc(B3OC(C)(C)C(C)(C)O3)c2Cl)c2ccccc21. The molecule has 0 unspecified atom stereocenters. The van der Waals surface area contributed by atoms with Gasteiger partial charge >= 0.3 is 12.9 Å². The third kappa shape index (κ3) is 3.33. The summed E-state index contributed by atoms with van der Waals surface area (Å²) in [5, 5.41) is 1.11. The van der Waals surface area contributed by atoms with Crippen molar-refractivity contribution in [2.24, 2.45) is 12.0 Å². The Morgan fingerprint density at radius 1 is 1.00 bits per heavy atom. The molecule has 1 saturated heterocycles. The lowest BCUT2D eigenvalue weighted by molar-refractivity contribution is 0.00578. The first-order valence-corrected chi connectivity index (χ1v) is 9.76. The van der Waals surface area contributed by atoms with E-state index in [0.717, 1.165) is 5.52 Å². The summed E-state index contributed by atoms with van der Waals surface area (Å²) in [5.74, 6) is -0.499. The summed E-state index contributed by atoms with van der Waals surface area (Å²) < 4.78 is 19.1. The molecule has 4 rings (SSSR count). The summed E-state index contributed by atoms with van der Waals surface area (Å²) in [6.07, 6.45) is 0. The van der Waals surface area contributed by atoms with Crippen molar-refractivity contribution < 1.29 is 13.7 Å². The van der Waals surface area contributed by atoms with Gasteiger partial charge in [-0.3, -0.25) is 4.57 Å². The predicted octanol–water partition coefficient (Wildman–Crippen LogP) is 3.32. The first kappa shape index (κ1) is 19.9. The standard InChI is InChI=1S/C21H22BClN2O4/c1-20(2)21(3,4)29-22(28-20)14-10-8-11-15(17(14)23)24-18-13-9-6-7-12-16(13)25(5)19(26)27-18/h6-12H,1-5H3. The third-order valence-electron chi connectivity index (χ3n) is 5.69. The molecule has 2 heterocycles. The highest BCUT2D eigenvalue weighted by Gasteiger charge is 2.52. The smallest absolute Gasteiger partial charge is 0.399 e. The Hall–Kier alpha value is -2.35. The van der Waals surface area contributed by atoms with Gasteiger partial charge in [-0.2, -0.15) is 0 Å². The average molecular weight is 413 g/mol. The highest BCUT2D eigenvalue weighted by molar-refractivity contribution is 6.66. The van der Waals surface area contributed by atoms with E-state index in [1.165, 1.54) is 4.57 Å². The van der Waals surface area contributed by atoms with Crippen molar-refractivity contribution in [1.82, 2.24) is 4.57 Å². The average Bonchev–Trinajstić information content (AvgIpc) is 2.88. The molecule has 150 valence electrons. The van der Waals surface area contributed by atoms with Gasteiger partial charge in [0.1, 0.15) is 0 Å². The Labute approximate surface area is 173 Å². The van der Waals surface area contributed by atoms with Crippen LogP contribution >= 0.6 is 11.6 Å². The Balaban J connectivity index is 1.86. The lowest BCUT2D eigenvalue weighted by Gasteiger charge is -2.32. The van der Waals surface area contributed by atoms with E-state index >= 15 is 0 Å². The topological polar surface area (TPSA) is 66.0 Å². The minimum absolute atomic E-state index is 0.205. The van der Waals surface area contributed by atoms with Crippen molar-refractivity contribution in [3.63, 3.8) is 0 Å². The number of rotatable bonds is 2. The Morgan fingerprint density at radius 2 is 1.66 bits per heavy atom. The van der Waals surface area contributed by atoms with Crippen LogP contribution in [0.25, 0.3) is 10.9 Å². The van der Waals surface area contributed by atoms with E-state index in [-0.39, 0.29) is 5.55 Å². The van der Waals surface area contributed by atoms with Crippen LogP contribution < -0.4 is 16.8 Å². The second-order valence-corrected chi connectivity index (χ2v) is 8.51. The minimum Gasteiger partial charge on any atom is -0.399 e. The molecule has 2 aromatic carbocycles. The van der Waals surface area contributed by atoms with E-state index in [2.05, 4.69) is 4.99 Å². The second kappa shape index (κ2) is 6.87. The van der Waals surface area contributed by atoms with Gasteiger partial charge in [0.25, 0.3) is 0 Å². The van der Waals surface area contributed by atoms with Crippen LogP contribution in [0.5, 0.6) is 0 Å². The van der Waals surface area contributed by atoms with Crippen molar-refractivity contribution in [3.8, 4) is 0 Å². The quantitative estimate of drug-likeness (QED) is 0.606. The maximum Gasteiger partial charge on any atom is 0.496 e. The summed E-state index contributed by atoms with van der Waals surface area (Å²) in [6.45, 7) is 7.94. The normalized spacial score (nSPS) is 18.6. The molecule has 0 amide bonds. The molecule has 0 saturated carbocycles. The number of para-hydroxylation sites is 1. The van der Waals surface area contributed by atoms with Crippen molar-refractivity contribution in [3.05, 3.63) is 63.6 Å². The number of halogens is 1. The van der Waals surface area contributed by atoms with E-state index in [1.54, 1.807) is 13.1 Å². The van der Waals surface area contributed by atoms with Gasteiger partial charge in [-0.25, -0.2) is 9.79 Å². The molecule has 1 aliphatic rings. The van der Waals surface area contributed by atoms with E-state index in [1.807, 2.05) is 64.1 Å². The van der Waals surface area contributed by atoms with E-state index in [0.29, 0.717) is 21.6 Å². The molecule has 29 heavy (non-hydrogen) atoms. The van der Waals surface area contributed by atoms with Crippen molar-refractivity contribution in [2.45, 2.75) is 38.9 Å². The van der Waals surface area contributed by atoms with Crippen LogP contribution in [-0.4, -0.2) is 22.9 Å². The number of hydrogen-bond acceptors (Lipinski definition) is 5. The zero-order valence-corrected chi connectivity index (χ0v) is 17.8. The number of fused-ring (bicyclic) bond motifs is 1. The third-order valence-corrected chi connectivity index (χ3v) is 6.10. The van der Waals surface area contributed by atoms with Gasteiger partial charge in [-0.05, 0) is 45.9 Å². The number of hydrogen-bond donors (Lipinski definition) is 0. The lowest BCUT2D eigenvalue weighted by atomic mass is 9.79. The largest absolute Gasteiger partial charge is 0.496 e. The fourth-order valence-electron chi connectivity index (χ4n) is 3.22. The number of aryl methyl sites for hydroxylation is 1. The summed E-state index contributed by atoms with van der Waals surface area (Å²) in [6, 6.07) is 12.9. The molecule has 1 aromatic heterocycles. The van der Waals surface area contributed by atoms with Crippen molar-refractivity contribution in [1.29, 1.82) is 0 Å². The maximum absolute atomic E-state index is 12.2. The van der Waals surface area contributed by atoms with Gasteiger partial charge in [0, 0.05) is 12.5 Å². The summed E-state index contributed by atoms with van der Waals surface area (Å²) >= 11 is 6.67. The second-order valence-electron chi connectivity index (χ2n) is 8.13. The monoisotopic (exact) mass is 412 g/mol. The molecule has 0 N–H and O–H groups in total. The molecule has 3 aromatic rings. The summed E-state index contributed by atoms with van der Waals surface area (Å²) in [7, 11) is 1.05. The fraction of sp³-hybridized carbons (Fsp3) is 0.333. The van der Waals surface area contributed by atoms with Crippen molar-refractivity contribution >= 4 is 40.8 Å². The highest BCUT2D eigenvalue weighted by atomic mass is 35.5. The van der Waals surface area contributed by atoms with Crippen LogP contribution in [0.1, 0.15) is 27.7 Å². The Bertz CT molecular complexity index is 1210.